The van der Waals surface area contributed by atoms with Crippen molar-refractivity contribution < 1.29 is 14.3 Å². The zero-order valence-corrected chi connectivity index (χ0v) is 12.7. The number of methoxy groups -OCH3 is 1. The maximum absolute atomic E-state index is 11.8. The Balaban J connectivity index is 2.05. The van der Waals surface area contributed by atoms with Crippen LogP contribution in [-0.4, -0.2) is 23.8 Å². The molecular weight excluding hydrogens is 286 g/mol. The molecule has 0 amide bonds. The Bertz CT molecular complexity index is 720. The number of esters is 1. The van der Waals surface area contributed by atoms with Crippen LogP contribution in [0.3, 0.4) is 0 Å². The number of ketones is 1. The van der Waals surface area contributed by atoms with E-state index in [1.807, 2.05) is 12.1 Å². The van der Waals surface area contributed by atoms with E-state index in [1.54, 1.807) is 0 Å². The lowest BCUT2D eigenvalue weighted by Crippen LogP contribution is -2.07. The van der Waals surface area contributed by atoms with Crippen LogP contribution in [0.15, 0.2) is 24.3 Å². The number of aromatic nitrogens is 1. The fraction of sp³-hybridized carbons (Fsp3) is 0.312. The molecular formula is C16H15NO3S. The molecule has 4 nitrogen and oxygen atoms in total. The molecule has 0 saturated heterocycles. The van der Waals surface area contributed by atoms with Gasteiger partial charge in [-0.05, 0) is 24.0 Å². The van der Waals surface area contributed by atoms with E-state index >= 15 is 0 Å². The van der Waals surface area contributed by atoms with Crippen LogP contribution in [0.1, 0.15) is 55.6 Å². The van der Waals surface area contributed by atoms with E-state index in [-0.39, 0.29) is 17.4 Å². The second-order valence-electron chi connectivity index (χ2n) is 5.07. The van der Waals surface area contributed by atoms with Gasteiger partial charge in [-0.2, -0.15) is 0 Å². The number of aryl methyl sites for hydroxylation is 1. The molecule has 3 rings (SSSR count). The lowest BCUT2D eigenvalue weighted by molar-refractivity contribution is 0.0591. The number of thiazole rings is 1. The number of carbonyl (C=O) groups excluding carboxylic acids is 2. The summed E-state index contributed by atoms with van der Waals surface area (Å²) in [4.78, 5) is 28.3. The molecule has 0 saturated carbocycles. The summed E-state index contributed by atoms with van der Waals surface area (Å²) >= 11 is 1.31. The summed E-state index contributed by atoms with van der Waals surface area (Å²) in [5.74, 6) is -0.526. The molecule has 21 heavy (non-hydrogen) atoms. The summed E-state index contributed by atoms with van der Waals surface area (Å²) in [6.07, 6.45) is 1.97. The van der Waals surface area contributed by atoms with Crippen molar-refractivity contribution in [3.05, 3.63) is 51.0 Å². The highest BCUT2D eigenvalue weighted by Gasteiger charge is 2.30. The van der Waals surface area contributed by atoms with Gasteiger partial charge in [0.15, 0.2) is 11.5 Å². The topological polar surface area (TPSA) is 56.3 Å². The van der Waals surface area contributed by atoms with Crippen molar-refractivity contribution in [1.82, 2.24) is 4.98 Å². The van der Waals surface area contributed by atoms with Gasteiger partial charge in [0.1, 0.15) is 9.88 Å². The Morgan fingerprint density at radius 3 is 2.81 bits per heavy atom. The van der Waals surface area contributed by atoms with E-state index in [1.165, 1.54) is 36.5 Å². The van der Waals surface area contributed by atoms with E-state index in [0.717, 1.165) is 17.8 Å². The van der Waals surface area contributed by atoms with Crippen molar-refractivity contribution >= 4 is 23.1 Å². The number of carbonyl (C=O) groups is 2. The molecule has 1 aromatic heterocycles. The van der Waals surface area contributed by atoms with Crippen LogP contribution in [0.2, 0.25) is 0 Å². The van der Waals surface area contributed by atoms with Crippen LogP contribution >= 0.6 is 11.3 Å². The summed E-state index contributed by atoms with van der Waals surface area (Å²) in [6.45, 7) is 1.45. The molecule has 0 fully saturated rings. The van der Waals surface area contributed by atoms with Crippen LogP contribution in [0.25, 0.3) is 0 Å². The first-order chi connectivity index (χ1) is 10.1. The third-order valence-electron chi connectivity index (χ3n) is 3.77. The molecule has 1 unspecified atom stereocenters. The highest BCUT2D eigenvalue weighted by molar-refractivity contribution is 7.14. The molecule has 0 N–H and O–H groups in total. The largest absolute Gasteiger partial charge is 0.464 e. The number of hydrogen-bond donors (Lipinski definition) is 0. The average Bonchev–Trinajstić information content (AvgIpc) is 3.10. The number of Topliss-reactive ketones (excluding diaryl/α,β-unsaturated/α-hetero) is 1. The molecule has 5 heteroatoms. The van der Waals surface area contributed by atoms with Crippen molar-refractivity contribution in [3.63, 3.8) is 0 Å². The van der Waals surface area contributed by atoms with Gasteiger partial charge in [-0.3, -0.25) is 4.79 Å². The number of nitrogens with zero attached hydrogens (tertiary/aromatic N) is 1. The lowest BCUT2D eigenvalue weighted by atomic mass is 10.0. The third-order valence-corrected chi connectivity index (χ3v) is 5.04. The molecule has 1 atom stereocenters. The van der Waals surface area contributed by atoms with Gasteiger partial charge in [0.05, 0.1) is 7.11 Å². The Morgan fingerprint density at radius 1 is 1.33 bits per heavy atom. The van der Waals surface area contributed by atoms with Gasteiger partial charge < -0.3 is 4.74 Å². The number of benzene rings is 1. The second-order valence-corrected chi connectivity index (χ2v) is 6.10. The molecule has 1 aliphatic rings. The predicted molar refractivity (Wildman–Crippen MR) is 80.1 cm³/mol. The summed E-state index contributed by atoms with van der Waals surface area (Å²) in [5.41, 5.74) is 2.72. The minimum Gasteiger partial charge on any atom is -0.464 e. The van der Waals surface area contributed by atoms with Gasteiger partial charge in [0, 0.05) is 12.8 Å². The maximum atomic E-state index is 11.8. The minimum atomic E-state index is -0.547. The first-order valence-electron chi connectivity index (χ1n) is 6.79. The van der Waals surface area contributed by atoms with E-state index in [9.17, 15) is 9.59 Å². The fourth-order valence-corrected chi connectivity index (χ4v) is 3.88. The van der Waals surface area contributed by atoms with Gasteiger partial charge in [-0.1, -0.05) is 24.3 Å². The zero-order valence-electron chi connectivity index (χ0n) is 11.9. The van der Waals surface area contributed by atoms with Crippen LogP contribution in [0, 0.1) is 0 Å². The Morgan fingerprint density at radius 2 is 2.10 bits per heavy atom. The highest BCUT2D eigenvalue weighted by atomic mass is 32.1. The Kier molecular flexibility index (Phi) is 3.59. The van der Waals surface area contributed by atoms with Gasteiger partial charge in [-0.25, -0.2) is 9.78 Å². The van der Waals surface area contributed by atoms with Crippen molar-refractivity contribution in [2.75, 3.05) is 7.11 Å². The van der Waals surface area contributed by atoms with Crippen molar-refractivity contribution in [1.29, 1.82) is 0 Å². The monoisotopic (exact) mass is 301 g/mol. The molecule has 1 aliphatic carbocycles. The average molecular weight is 301 g/mol. The number of ether oxygens (including phenoxy) is 1. The fourth-order valence-electron chi connectivity index (χ4n) is 2.77. The summed E-state index contributed by atoms with van der Waals surface area (Å²) in [6, 6.07) is 8.26. The molecule has 0 bridgehead atoms. The Hall–Kier alpha value is -2.01. The number of hydrogen-bond acceptors (Lipinski definition) is 5. The van der Waals surface area contributed by atoms with Crippen LogP contribution in [-0.2, 0) is 11.2 Å². The SMILES string of the molecule is COC(=O)c1nc(C2CCc3ccccc32)sc1C(C)=O. The van der Waals surface area contributed by atoms with E-state index in [0.29, 0.717) is 4.88 Å². The van der Waals surface area contributed by atoms with E-state index in [2.05, 4.69) is 17.1 Å². The van der Waals surface area contributed by atoms with Gasteiger partial charge in [-0.15, -0.1) is 11.3 Å². The maximum Gasteiger partial charge on any atom is 0.358 e. The van der Waals surface area contributed by atoms with E-state index < -0.39 is 5.97 Å². The van der Waals surface area contributed by atoms with Crippen molar-refractivity contribution in [3.8, 4) is 0 Å². The molecule has 1 heterocycles. The van der Waals surface area contributed by atoms with Gasteiger partial charge in [0.25, 0.3) is 0 Å². The smallest absolute Gasteiger partial charge is 0.358 e. The number of fused-ring (bicyclic) bond motifs is 1. The third kappa shape index (κ3) is 2.38. The predicted octanol–water partition coefficient (Wildman–Crippen LogP) is 3.21. The minimum absolute atomic E-state index is 0.148. The quantitative estimate of drug-likeness (QED) is 0.645. The summed E-state index contributed by atoms with van der Waals surface area (Å²) < 4.78 is 4.73. The molecule has 0 radical (unpaired) electrons. The highest BCUT2D eigenvalue weighted by Crippen LogP contribution is 2.40. The first-order valence-corrected chi connectivity index (χ1v) is 7.61. The number of rotatable bonds is 3. The summed E-state index contributed by atoms with van der Waals surface area (Å²) in [5, 5.41) is 0.825. The standard InChI is InChI=1S/C16H15NO3S/c1-9(18)14-13(16(19)20-2)17-15(21-14)12-8-7-10-5-3-4-6-11(10)12/h3-6,12H,7-8H2,1-2H3. The van der Waals surface area contributed by atoms with Gasteiger partial charge in [0.2, 0.25) is 0 Å². The first kappa shape index (κ1) is 13.9. The van der Waals surface area contributed by atoms with Crippen molar-refractivity contribution in [2.24, 2.45) is 0 Å². The van der Waals surface area contributed by atoms with E-state index in [4.69, 9.17) is 4.74 Å². The van der Waals surface area contributed by atoms with Crippen molar-refractivity contribution in [2.45, 2.75) is 25.7 Å². The normalized spacial score (nSPS) is 16.6. The second kappa shape index (κ2) is 5.41. The van der Waals surface area contributed by atoms with Crippen LogP contribution < -0.4 is 0 Å². The molecule has 0 spiro atoms. The molecule has 2 aromatic rings. The molecule has 0 aliphatic heterocycles. The molecule has 1 aromatic carbocycles. The van der Waals surface area contributed by atoms with Crippen LogP contribution in [0.4, 0.5) is 0 Å². The summed E-state index contributed by atoms with van der Waals surface area (Å²) in [7, 11) is 1.30. The molecule has 108 valence electrons. The van der Waals surface area contributed by atoms with Gasteiger partial charge >= 0.3 is 5.97 Å². The van der Waals surface area contributed by atoms with Crippen LogP contribution in [0.5, 0.6) is 0 Å². The lowest BCUT2D eigenvalue weighted by Gasteiger charge is -2.07. The zero-order chi connectivity index (χ0) is 15.0. The Labute approximate surface area is 126 Å².